The van der Waals surface area contributed by atoms with Gasteiger partial charge in [0.05, 0.1) is 18.3 Å². The number of piperidine rings is 1. The average Bonchev–Trinajstić information content (AvgIpc) is 2.60. The van der Waals surface area contributed by atoms with Gasteiger partial charge in [0.15, 0.2) is 0 Å². The van der Waals surface area contributed by atoms with Crippen LogP contribution in [0.2, 0.25) is 0 Å². The van der Waals surface area contributed by atoms with Crippen molar-refractivity contribution in [1.82, 2.24) is 4.90 Å². The van der Waals surface area contributed by atoms with Crippen molar-refractivity contribution in [3.8, 4) is 5.75 Å². The Balaban J connectivity index is 1.70. The van der Waals surface area contributed by atoms with Crippen molar-refractivity contribution in [1.29, 1.82) is 0 Å². The third-order valence-electron chi connectivity index (χ3n) is 4.77. The largest absolute Gasteiger partial charge is 0.491 e. The van der Waals surface area contributed by atoms with E-state index in [9.17, 15) is 4.79 Å². The highest BCUT2D eigenvalue weighted by Crippen LogP contribution is 2.17. The second-order valence-corrected chi connectivity index (χ2v) is 6.73. The predicted molar refractivity (Wildman–Crippen MR) is 96.6 cm³/mol. The maximum atomic E-state index is 12.1. The standard InChI is InChI=1S/C20H31NO3/c1-4-17(3)24-19-11-9-18(10-12-19)20(22)23-15-7-14-21-13-6-5-8-16(21)2/h9-12,16-17H,4-8,13-15H2,1-3H3. The quantitative estimate of drug-likeness (QED) is 0.525. The molecule has 2 atom stereocenters. The van der Waals surface area contributed by atoms with Crippen LogP contribution in [0.5, 0.6) is 5.75 Å². The van der Waals surface area contributed by atoms with Gasteiger partial charge in [0.25, 0.3) is 0 Å². The maximum Gasteiger partial charge on any atom is 0.338 e. The monoisotopic (exact) mass is 333 g/mol. The van der Waals surface area contributed by atoms with Gasteiger partial charge in [0.2, 0.25) is 0 Å². The van der Waals surface area contributed by atoms with E-state index in [-0.39, 0.29) is 12.1 Å². The number of hydrogen-bond acceptors (Lipinski definition) is 4. The van der Waals surface area contributed by atoms with Gasteiger partial charge in [0.1, 0.15) is 5.75 Å². The molecule has 2 rings (SSSR count). The summed E-state index contributed by atoms with van der Waals surface area (Å²) in [6.07, 6.45) is 5.94. The molecule has 134 valence electrons. The Hall–Kier alpha value is -1.55. The number of carbonyl (C=O) groups is 1. The van der Waals surface area contributed by atoms with Crippen LogP contribution in [0.15, 0.2) is 24.3 Å². The van der Waals surface area contributed by atoms with Gasteiger partial charge in [-0.25, -0.2) is 4.79 Å². The highest BCUT2D eigenvalue weighted by molar-refractivity contribution is 5.89. The van der Waals surface area contributed by atoms with Crippen LogP contribution in [0.1, 0.15) is 63.2 Å². The summed E-state index contributed by atoms with van der Waals surface area (Å²) >= 11 is 0. The van der Waals surface area contributed by atoms with E-state index in [1.165, 1.54) is 25.8 Å². The van der Waals surface area contributed by atoms with Crippen LogP contribution in [0.3, 0.4) is 0 Å². The zero-order valence-electron chi connectivity index (χ0n) is 15.3. The summed E-state index contributed by atoms with van der Waals surface area (Å²) in [5.41, 5.74) is 0.581. The number of hydrogen-bond donors (Lipinski definition) is 0. The summed E-state index contributed by atoms with van der Waals surface area (Å²) in [6, 6.07) is 7.86. The lowest BCUT2D eigenvalue weighted by Crippen LogP contribution is -2.38. The van der Waals surface area contributed by atoms with Crippen LogP contribution in [0.25, 0.3) is 0 Å². The van der Waals surface area contributed by atoms with Crippen molar-refractivity contribution in [2.24, 2.45) is 0 Å². The van der Waals surface area contributed by atoms with Crippen LogP contribution in [-0.4, -0.2) is 42.7 Å². The minimum atomic E-state index is -0.253. The van der Waals surface area contributed by atoms with E-state index in [0.29, 0.717) is 18.2 Å². The number of benzene rings is 1. The summed E-state index contributed by atoms with van der Waals surface area (Å²) in [4.78, 5) is 14.6. The summed E-state index contributed by atoms with van der Waals surface area (Å²) in [6.45, 7) is 9.07. The number of ether oxygens (including phenoxy) is 2. The minimum absolute atomic E-state index is 0.181. The van der Waals surface area contributed by atoms with Gasteiger partial charge in [-0.3, -0.25) is 0 Å². The Morgan fingerprint density at radius 2 is 2.04 bits per heavy atom. The molecular weight excluding hydrogens is 302 g/mol. The van der Waals surface area contributed by atoms with E-state index in [2.05, 4.69) is 18.7 Å². The molecule has 1 aromatic carbocycles. The van der Waals surface area contributed by atoms with Gasteiger partial charge in [-0.1, -0.05) is 13.3 Å². The molecule has 24 heavy (non-hydrogen) atoms. The third kappa shape index (κ3) is 5.82. The number of carbonyl (C=O) groups excluding carboxylic acids is 1. The van der Waals surface area contributed by atoms with Crippen molar-refractivity contribution in [2.45, 2.75) is 65.0 Å². The maximum absolute atomic E-state index is 12.1. The normalized spacial score (nSPS) is 19.7. The average molecular weight is 333 g/mol. The van der Waals surface area contributed by atoms with Crippen molar-refractivity contribution < 1.29 is 14.3 Å². The summed E-state index contributed by atoms with van der Waals surface area (Å²) in [5.74, 6) is 0.539. The molecule has 1 saturated heterocycles. The number of nitrogens with zero attached hydrogens (tertiary/aromatic N) is 1. The Morgan fingerprint density at radius 3 is 2.71 bits per heavy atom. The number of likely N-dealkylation sites (tertiary alicyclic amines) is 1. The molecule has 0 aliphatic carbocycles. The Morgan fingerprint density at radius 1 is 1.29 bits per heavy atom. The first-order valence-electron chi connectivity index (χ1n) is 9.28. The molecule has 0 radical (unpaired) electrons. The fraction of sp³-hybridized carbons (Fsp3) is 0.650. The first kappa shape index (κ1) is 18.8. The zero-order chi connectivity index (χ0) is 17.4. The van der Waals surface area contributed by atoms with Gasteiger partial charge in [-0.15, -0.1) is 0 Å². The molecule has 0 spiro atoms. The van der Waals surface area contributed by atoms with Gasteiger partial charge >= 0.3 is 5.97 Å². The second kappa shape index (κ2) is 9.67. The third-order valence-corrected chi connectivity index (χ3v) is 4.77. The van der Waals surface area contributed by atoms with Crippen LogP contribution in [0, 0.1) is 0 Å². The smallest absolute Gasteiger partial charge is 0.338 e. The van der Waals surface area contributed by atoms with Gasteiger partial charge in [-0.05, 0) is 70.3 Å². The van der Waals surface area contributed by atoms with Crippen molar-refractivity contribution in [3.05, 3.63) is 29.8 Å². The highest BCUT2D eigenvalue weighted by Gasteiger charge is 2.17. The van der Waals surface area contributed by atoms with Crippen molar-refractivity contribution in [2.75, 3.05) is 19.7 Å². The molecular formula is C20H31NO3. The molecule has 1 aliphatic heterocycles. The lowest BCUT2D eigenvalue weighted by atomic mass is 10.0. The van der Waals surface area contributed by atoms with Crippen molar-refractivity contribution >= 4 is 5.97 Å². The molecule has 0 N–H and O–H groups in total. The molecule has 1 aliphatic rings. The minimum Gasteiger partial charge on any atom is -0.491 e. The SMILES string of the molecule is CCC(C)Oc1ccc(C(=O)OCCCN2CCCCC2C)cc1. The Bertz CT molecular complexity index is 500. The molecule has 0 aromatic heterocycles. The summed E-state index contributed by atoms with van der Waals surface area (Å²) in [7, 11) is 0. The summed E-state index contributed by atoms with van der Waals surface area (Å²) in [5, 5.41) is 0. The van der Waals surface area contributed by atoms with Crippen molar-refractivity contribution in [3.63, 3.8) is 0 Å². The van der Waals surface area contributed by atoms with E-state index in [1.807, 2.05) is 19.1 Å². The van der Waals surface area contributed by atoms with E-state index in [1.54, 1.807) is 12.1 Å². The van der Waals surface area contributed by atoms with E-state index >= 15 is 0 Å². The highest BCUT2D eigenvalue weighted by atomic mass is 16.5. The number of rotatable bonds is 8. The molecule has 0 amide bonds. The first-order chi connectivity index (χ1) is 11.6. The molecule has 0 saturated carbocycles. The van der Waals surface area contributed by atoms with Gasteiger partial charge < -0.3 is 14.4 Å². The first-order valence-corrected chi connectivity index (χ1v) is 9.28. The van der Waals surface area contributed by atoms with Crippen LogP contribution in [0.4, 0.5) is 0 Å². The van der Waals surface area contributed by atoms with Gasteiger partial charge in [0, 0.05) is 12.6 Å². The molecule has 4 nitrogen and oxygen atoms in total. The Labute approximate surface area is 146 Å². The van der Waals surface area contributed by atoms with E-state index < -0.39 is 0 Å². The van der Waals surface area contributed by atoms with E-state index in [0.717, 1.165) is 25.1 Å². The molecule has 1 heterocycles. The molecule has 1 fully saturated rings. The molecule has 2 unspecified atom stereocenters. The fourth-order valence-electron chi connectivity index (χ4n) is 2.99. The predicted octanol–water partition coefficient (Wildman–Crippen LogP) is 4.29. The fourth-order valence-corrected chi connectivity index (χ4v) is 2.99. The molecule has 0 bridgehead atoms. The topological polar surface area (TPSA) is 38.8 Å². The van der Waals surface area contributed by atoms with E-state index in [4.69, 9.17) is 9.47 Å². The molecule has 4 heteroatoms. The van der Waals surface area contributed by atoms with Gasteiger partial charge in [-0.2, -0.15) is 0 Å². The van der Waals surface area contributed by atoms with Crippen LogP contribution >= 0.6 is 0 Å². The Kier molecular flexibility index (Phi) is 7.57. The van der Waals surface area contributed by atoms with Crippen LogP contribution in [-0.2, 0) is 4.74 Å². The number of esters is 1. The zero-order valence-corrected chi connectivity index (χ0v) is 15.3. The summed E-state index contributed by atoms with van der Waals surface area (Å²) < 4.78 is 11.1. The lowest BCUT2D eigenvalue weighted by Gasteiger charge is -2.33. The van der Waals surface area contributed by atoms with Crippen LogP contribution < -0.4 is 4.74 Å². The molecule has 1 aromatic rings. The lowest BCUT2D eigenvalue weighted by molar-refractivity contribution is 0.0475. The second-order valence-electron chi connectivity index (χ2n) is 6.73.